The van der Waals surface area contributed by atoms with Crippen molar-refractivity contribution in [2.45, 2.75) is 6.67 Å². The van der Waals surface area contributed by atoms with Gasteiger partial charge in [0.25, 0.3) is 0 Å². The molecule has 0 atom stereocenters. The van der Waals surface area contributed by atoms with Gasteiger partial charge in [0.05, 0.1) is 19.1 Å². The number of aromatic hydroxyl groups is 1. The highest BCUT2D eigenvalue weighted by atomic mass is 16.3. The van der Waals surface area contributed by atoms with E-state index in [4.69, 9.17) is 10.8 Å². The van der Waals surface area contributed by atoms with E-state index in [0.29, 0.717) is 6.67 Å². The molecule has 0 aromatic carbocycles. The lowest BCUT2D eigenvalue weighted by Gasteiger charge is -1.88. The van der Waals surface area contributed by atoms with Gasteiger partial charge in [-0.15, -0.1) is 0 Å². The monoisotopic (exact) mass is 113 g/mol. The van der Waals surface area contributed by atoms with E-state index in [1.165, 1.54) is 17.1 Å². The van der Waals surface area contributed by atoms with Gasteiger partial charge in [0.15, 0.2) is 5.75 Å². The second-order valence-corrected chi connectivity index (χ2v) is 1.42. The summed E-state index contributed by atoms with van der Waals surface area (Å²) < 4.78 is 1.44. The van der Waals surface area contributed by atoms with Crippen LogP contribution in [0.1, 0.15) is 0 Å². The fourth-order valence-electron chi connectivity index (χ4n) is 0.453. The second-order valence-electron chi connectivity index (χ2n) is 1.42. The van der Waals surface area contributed by atoms with Crippen molar-refractivity contribution in [2.24, 2.45) is 5.73 Å². The predicted molar refractivity (Wildman–Crippen MR) is 28.1 cm³/mol. The molecule has 0 aliphatic heterocycles. The van der Waals surface area contributed by atoms with Gasteiger partial charge >= 0.3 is 0 Å². The van der Waals surface area contributed by atoms with Gasteiger partial charge in [0, 0.05) is 0 Å². The Bertz CT molecular complexity index is 172. The first-order valence-electron chi connectivity index (χ1n) is 2.24. The van der Waals surface area contributed by atoms with Crippen LogP contribution in [-0.4, -0.2) is 14.9 Å². The third-order valence-corrected chi connectivity index (χ3v) is 0.807. The van der Waals surface area contributed by atoms with E-state index in [9.17, 15) is 0 Å². The fraction of sp³-hybridized carbons (Fsp3) is 0.250. The van der Waals surface area contributed by atoms with Crippen LogP contribution in [0.5, 0.6) is 5.75 Å². The molecule has 1 aromatic rings. The molecule has 0 aliphatic carbocycles. The lowest BCUT2D eigenvalue weighted by molar-refractivity contribution is 0.473. The molecule has 8 heavy (non-hydrogen) atoms. The zero-order valence-electron chi connectivity index (χ0n) is 4.28. The SMILES string of the molecule is NCn1cc(O)cn1. The van der Waals surface area contributed by atoms with Crippen molar-refractivity contribution in [1.82, 2.24) is 9.78 Å². The third kappa shape index (κ3) is 0.788. The molecule has 0 saturated heterocycles. The van der Waals surface area contributed by atoms with Crippen LogP contribution in [0.3, 0.4) is 0 Å². The molecule has 4 heteroatoms. The van der Waals surface area contributed by atoms with Crippen LogP contribution < -0.4 is 5.73 Å². The van der Waals surface area contributed by atoms with Crippen molar-refractivity contribution >= 4 is 0 Å². The Morgan fingerprint density at radius 2 is 2.62 bits per heavy atom. The summed E-state index contributed by atoms with van der Waals surface area (Å²) >= 11 is 0. The molecule has 0 aliphatic rings. The fourth-order valence-corrected chi connectivity index (χ4v) is 0.453. The summed E-state index contributed by atoms with van der Waals surface area (Å²) in [5, 5.41) is 12.3. The summed E-state index contributed by atoms with van der Waals surface area (Å²) in [4.78, 5) is 0. The van der Waals surface area contributed by atoms with E-state index in [1.807, 2.05) is 0 Å². The Morgan fingerprint density at radius 1 is 1.88 bits per heavy atom. The highest BCUT2D eigenvalue weighted by Crippen LogP contribution is 2.01. The van der Waals surface area contributed by atoms with Crippen molar-refractivity contribution in [3.8, 4) is 5.75 Å². The molecule has 0 fully saturated rings. The van der Waals surface area contributed by atoms with Crippen molar-refractivity contribution in [1.29, 1.82) is 0 Å². The molecule has 0 bridgehead atoms. The van der Waals surface area contributed by atoms with E-state index in [2.05, 4.69) is 5.10 Å². The van der Waals surface area contributed by atoms with Crippen molar-refractivity contribution in [3.05, 3.63) is 12.4 Å². The number of nitrogens with two attached hydrogens (primary N) is 1. The van der Waals surface area contributed by atoms with Crippen LogP contribution in [0.4, 0.5) is 0 Å². The van der Waals surface area contributed by atoms with Gasteiger partial charge in [-0.1, -0.05) is 0 Å². The maximum absolute atomic E-state index is 8.65. The van der Waals surface area contributed by atoms with Gasteiger partial charge < -0.3 is 10.8 Å². The molecular formula is C4H7N3O. The Labute approximate surface area is 46.5 Å². The summed E-state index contributed by atoms with van der Waals surface area (Å²) in [7, 11) is 0. The van der Waals surface area contributed by atoms with E-state index < -0.39 is 0 Å². The Hall–Kier alpha value is -1.03. The molecule has 0 unspecified atom stereocenters. The van der Waals surface area contributed by atoms with Gasteiger partial charge in [-0.2, -0.15) is 5.10 Å². The lowest BCUT2D eigenvalue weighted by atomic mass is 10.7. The first-order chi connectivity index (χ1) is 3.83. The Balaban J connectivity index is 2.84. The largest absolute Gasteiger partial charge is 0.505 e. The number of aromatic nitrogens is 2. The molecule has 1 rings (SSSR count). The molecule has 0 saturated carbocycles. The molecular weight excluding hydrogens is 106 g/mol. The van der Waals surface area contributed by atoms with E-state index in [-0.39, 0.29) is 5.75 Å². The lowest BCUT2D eigenvalue weighted by Crippen LogP contribution is -2.06. The summed E-state index contributed by atoms with van der Waals surface area (Å²) in [6, 6.07) is 0. The first kappa shape index (κ1) is 5.11. The average molecular weight is 113 g/mol. The minimum atomic E-state index is 0.149. The van der Waals surface area contributed by atoms with Gasteiger partial charge in [-0.3, -0.25) is 4.68 Å². The Kier molecular flexibility index (Phi) is 1.17. The van der Waals surface area contributed by atoms with Crippen molar-refractivity contribution in [2.75, 3.05) is 0 Å². The summed E-state index contributed by atoms with van der Waals surface area (Å²) in [5.41, 5.74) is 5.15. The second kappa shape index (κ2) is 1.83. The number of nitrogens with zero attached hydrogens (tertiary/aromatic N) is 2. The van der Waals surface area contributed by atoms with E-state index in [0.717, 1.165) is 0 Å². The van der Waals surface area contributed by atoms with E-state index >= 15 is 0 Å². The third-order valence-electron chi connectivity index (χ3n) is 0.807. The Morgan fingerprint density at radius 3 is 2.88 bits per heavy atom. The number of rotatable bonds is 1. The highest BCUT2D eigenvalue weighted by Gasteiger charge is 1.88. The predicted octanol–water partition coefficient (Wildman–Crippen LogP) is -0.495. The normalized spacial score (nSPS) is 9.62. The molecule has 44 valence electrons. The quantitative estimate of drug-likeness (QED) is 0.516. The maximum atomic E-state index is 8.65. The van der Waals surface area contributed by atoms with Crippen molar-refractivity contribution < 1.29 is 5.11 Å². The van der Waals surface area contributed by atoms with Gasteiger partial charge in [-0.05, 0) is 0 Å². The molecule has 1 aromatic heterocycles. The topological polar surface area (TPSA) is 64.1 Å². The first-order valence-corrected chi connectivity index (χ1v) is 2.24. The summed E-state index contributed by atoms with van der Waals surface area (Å²) in [6.45, 7) is 0.306. The van der Waals surface area contributed by atoms with Crippen LogP contribution in [0.15, 0.2) is 12.4 Å². The summed E-state index contributed by atoms with van der Waals surface area (Å²) in [6.07, 6.45) is 2.80. The van der Waals surface area contributed by atoms with Crippen LogP contribution in [-0.2, 0) is 6.67 Å². The van der Waals surface area contributed by atoms with Crippen molar-refractivity contribution in [3.63, 3.8) is 0 Å². The van der Waals surface area contributed by atoms with Crippen LogP contribution >= 0.6 is 0 Å². The standard InChI is InChI=1S/C4H7N3O/c5-3-7-2-4(8)1-6-7/h1-2,8H,3,5H2. The average Bonchev–Trinajstić information content (AvgIpc) is 2.14. The minimum Gasteiger partial charge on any atom is -0.505 e. The molecule has 0 amide bonds. The van der Waals surface area contributed by atoms with Gasteiger partial charge in [-0.25, -0.2) is 0 Å². The molecule has 0 radical (unpaired) electrons. The molecule has 0 spiro atoms. The van der Waals surface area contributed by atoms with Crippen LogP contribution in [0.25, 0.3) is 0 Å². The van der Waals surface area contributed by atoms with Gasteiger partial charge in [0.1, 0.15) is 0 Å². The highest BCUT2D eigenvalue weighted by molar-refractivity contribution is 5.07. The number of hydrogen-bond acceptors (Lipinski definition) is 3. The zero-order chi connectivity index (χ0) is 5.98. The van der Waals surface area contributed by atoms with Crippen LogP contribution in [0, 0.1) is 0 Å². The number of hydrogen-bond donors (Lipinski definition) is 2. The molecule has 4 nitrogen and oxygen atoms in total. The maximum Gasteiger partial charge on any atom is 0.153 e. The molecule has 1 heterocycles. The van der Waals surface area contributed by atoms with Crippen LogP contribution in [0.2, 0.25) is 0 Å². The smallest absolute Gasteiger partial charge is 0.153 e. The van der Waals surface area contributed by atoms with E-state index in [1.54, 1.807) is 0 Å². The molecule has 3 N–H and O–H groups in total. The minimum absolute atomic E-state index is 0.149. The van der Waals surface area contributed by atoms with Gasteiger partial charge in [0.2, 0.25) is 0 Å². The summed E-state index contributed by atoms with van der Waals surface area (Å²) in [5.74, 6) is 0.149. The zero-order valence-corrected chi connectivity index (χ0v) is 4.28.